The van der Waals surface area contributed by atoms with Gasteiger partial charge >= 0.3 is 0 Å². The SMILES string of the molecule is COc1ccc(C2COC(=Nc3ccccc3)S2)cc1. The maximum atomic E-state index is 5.66. The number of methoxy groups -OCH3 is 1. The van der Waals surface area contributed by atoms with Gasteiger partial charge in [0.25, 0.3) is 5.23 Å². The molecule has 1 saturated heterocycles. The molecule has 1 aliphatic heterocycles. The van der Waals surface area contributed by atoms with Gasteiger partial charge in [-0.3, -0.25) is 0 Å². The van der Waals surface area contributed by atoms with E-state index in [1.165, 1.54) is 5.56 Å². The first-order valence-corrected chi connectivity index (χ1v) is 7.30. The molecule has 0 saturated carbocycles. The molecule has 4 heteroatoms. The highest BCUT2D eigenvalue weighted by Gasteiger charge is 2.24. The van der Waals surface area contributed by atoms with Crippen LogP contribution in [0.2, 0.25) is 0 Å². The molecule has 20 heavy (non-hydrogen) atoms. The van der Waals surface area contributed by atoms with Gasteiger partial charge in [0.1, 0.15) is 12.4 Å². The first-order chi connectivity index (χ1) is 9.85. The van der Waals surface area contributed by atoms with Crippen LogP contribution in [0.25, 0.3) is 0 Å². The number of hydrogen-bond donors (Lipinski definition) is 0. The van der Waals surface area contributed by atoms with Crippen LogP contribution >= 0.6 is 11.8 Å². The number of hydrogen-bond acceptors (Lipinski definition) is 4. The molecule has 2 aromatic rings. The quantitative estimate of drug-likeness (QED) is 0.847. The van der Waals surface area contributed by atoms with E-state index >= 15 is 0 Å². The summed E-state index contributed by atoms with van der Waals surface area (Å²) in [6, 6.07) is 18.0. The molecule has 1 heterocycles. The fraction of sp³-hybridized carbons (Fsp3) is 0.188. The van der Waals surface area contributed by atoms with Crippen LogP contribution in [0.1, 0.15) is 10.8 Å². The Balaban J connectivity index is 1.71. The van der Waals surface area contributed by atoms with Gasteiger partial charge in [-0.1, -0.05) is 42.1 Å². The largest absolute Gasteiger partial charge is 0.497 e. The van der Waals surface area contributed by atoms with Crippen LogP contribution in [0.3, 0.4) is 0 Å². The summed E-state index contributed by atoms with van der Waals surface area (Å²) in [6.45, 7) is 0.655. The second-order valence-electron chi connectivity index (χ2n) is 4.40. The number of para-hydroxylation sites is 1. The fourth-order valence-electron chi connectivity index (χ4n) is 1.99. The highest BCUT2D eigenvalue weighted by atomic mass is 32.2. The highest BCUT2D eigenvalue weighted by Crippen LogP contribution is 2.37. The van der Waals surface area contributed by atoms with Crippen molar-refractivity contribution in [2.45, 2.75) is 5.25 Å². The molecular weight excluding hydrogens is 270 g/mol. The molecule has 0 bridgehead atoms. The van der Waals surface area contributed by atoms with Crippen molar-refractivity contribution in [3.63, 3.8) is 0 Å². The molecule has 0 amide bonds. The Kier molecular flexibility index (Phi) is 3.92. The van der Waals surface area contributed by atoms with Crippen molar-refractivity contribution >= 4 is 22.7 Å². The van der Waals surface area contributed by atoms with Crippen LogP contribution in [0.4, 0.5) is 5.69 Å². The average Bonchev–Trinajstić information content (AvgIpc) is 2.97. The zero-order valence-corrected chi connectivity index (χ0v) is 12.0. The third kappa shape index (κ3) is 2.96. The molecule has 1 aliphatic rings. The Morgan fingerprint density at radius 3 is 2.55 bits per heavy atom. The van der Waals surface area contributed by atoms with E-state index in [0.717, 1.165) is 16.7 Å². The van der Waals surface area contributed by atoms with E-state index in [9.17, 15) is 0 Å². The van der Waals surface area contributed by atoms with E-state index in [0.29, 0.717) is 11.9 Å². The molecule has 1 atom stereocenters. The fourth-order valence-corrected chi connectivity index (χ4v) is 2.95. The van der Waals surface area contributed by atoms with Crippen LogP contribution in [0.5, 0.6) is 5.75 Å². The van der Waals surface area contributed by atoms with Gasteiger partial charge in [0.15, 0.2) is 0 Å². The Hall–Kier alpha value is -1.94. The monoisotopic (exact) mass is 285 g/mol. The van der Waals surface area contributed by atoms with Crippen molar-refractivity contribution in [2.75, 3.05) is 13.7 Å². The van der Waals surface area contributed by atoms with Crippen molar-refractivity contribution in [2.24, 2.45) is 4.99 Å². The summed E-state index contributed by atoms with van der Waals surface area (Å²) in [5.41, 5.74) is 2.15. The third-order valence-corrected chi connectivity index (χ3v) is 4.17. The second-order valence-corrected chi connectivity index (χ2v) is 5.56. The molecule has 0 spiro atoms. The predicted octanol–water partition coefficient (Wildman–Crippen LogP) is 4.19. The summed E-state index contributed by atoms with van der Waals surface area (Å²) in [5, 5.41) is 1.03. The van der Waals surface area contributed by atoms with E-state index in [1.54, 1.807) is 18.9 Å². The predicted molar refractivity (Wildman–Crippen MR) is 82.8 cm³/mol. The lowest BCUT2D eigenvalue weighted by atomic mass is 10.1. The minimum Gasteiger partial charge on any atom is -0.497 e. The van der Waals surface area contributed by atoms with E-state index in [4.69, 9.17) is 9.47 Å². The van der Waals surface area contributed by atoms with Crippen LogP contribution in [-0.2, 0) is 4.74 Å². The van der Waals surface area contributed by atoms with Crippen LogP contribution in [0.15, 0.2) is 59.6 Å². The standard InChI is InChI=1S/C16H15NO2S/c1-18-14-9-7-12(8-10-14)15-11-19-16(20-15)17-13-5-3-2-4-6-13/h2-10,15H,11H2,1H3. The molecule has 0 aromatic heterocycles. The zero-order valence-electron chi connectivity index (χ0n) is 11.2. The topological polar surface area (TPSA) is 30.8 Å². The van der Waals surface area contributed by atoms with Gasteiger partial charge in [-0.25, -0.2) is 4.99 Å². The smallest absolute Gasteiger partial charge is 0.251 e. The van der Waals surface area contributed by atoms with Crippen molar-refractivity contribution in [1.29, 1.82) is 0 Å². The average molecular weight is 285 g/mol. The number of aliphatic imine (C=N–C) groups is 1. The summed E-state index contributed by atoms with van der Waals surface area (Å²) in [7, 11) is 1.67. The number of rotatable bonds is 3. The summed E-state index contributed by atoms with van der Waals surface area (Å²) >= 11 is 1.66. The van der Waals surface area contributed by atoms with E-state index in [2.05, 4.69) is 17.1 Å². The van der Waals surface area contributed by atoms with Gasteiger partial charge < -0.3 is 9.47 Å². The van der Waals surface area contributed by atoms with E-state index in [1.807, 2.05) is 42.5 Å². The first-order valence-electron chi connectivity index (χ1n) is 6.42. The summed E-state index contributed by atoms with van der Waals surface area (Å²) in [5.74, 6) is 0.871. The molecule has 0 aliphatic carbocycles. The number of thioether (sulfide) groups is 1. The van der Waals surface area contributed by atoms with Crippen LogP contribution < -0.4 is 4.74 Å². The van der Waals surface area contributed by atoms with Gasteiger partial charge in [0, 0.05) is 0 Å². The molecule has 2 aromatic carbocycles. The Labute approximate surface area is 122 Å². The lowest BCUT2D eigenvalue weighted by Crippen LogP contribution is -1.94. The Bertz CT molecular complexity index is 596. The molecule has 102 valence electrons. The van der Waals surface area contributed by atoms with Gasteiger partial charge in [-0.05, 0) is 29.8 Å². The van der Waals surface area contributed by atoms with Crippen molar-refractivity contribution in [3.8, 4) is 5.75 Å². The molecule has 3 rings (SSSR count). The van der Waals surface area contributed by atoms with Gasteiger partial charge in [-0.15, -0.1) is 0 Å². The first kappa shape index (κ1) is 13.1. The van der Waals surface area contributed by atoms with Gasteiger partial charge in [-0.2, -0.15) is 0 Å². The van der Waals surface area contributed by atoms with Crippen molar-refractivity contribution in [3.05, 3.63) is 60.2 Å². The maximum absolute atomic E-state index is 5.66. The van der Waals surface area contributed by atoms with Gasteiger partial charge in [0.2, 0.25) is 0 Å². The van der Waals surface area contributed by atoms with Crippen molar-refractivity contribution in [1.82, 2.24) is 0 Å². The molecule has 0 N–H and O–H groups in total. The summed E-state index contributed by atoms with van der Waals surface area (Å²) < 4.78 is 10.8. The number of nitrogens with zero attached hydrogens (tertiary/aromatic N) is 1. The van der Waals surface area contributed by atoms with Crippen molar-refractivity contribution < 1.29 is 9.47 Å². The number of ether oxygens (including phenoxy) is 2. The molecular formula is C16H15NO2S. The highest BCUT2D eigenvalue weighted by molar-refractivity contribution is 8.14. The minimum atomic E-state index is 0.295. The minimum absolute atomic E-state index is 0.295. The maximum Gasteiger partial charge on any atom is 0.251 e. The van der Waals surface area contributed by atoms with E-state index < -0.39 is 0 Å². The van der Waals surface area contributed by atoms with Crippen LogP contribution in [0, 0.1) is 0 Å². The zero-order chi connectivity index (χ0) is 13.8. The van der Waals surface area contributed by atoms with Gasteiger partial charge in [0.05, 0.1) is 18.0 Å². The molecule has 1 fully saturated rings. The number of benzene rings is 2. The molecule has 1 unspecified atom stereocenters. The lowest BCUT2D eigenvalue weighted by molar-refractivity contribution is 0.329. The van der Waals surface area contributed by atoms with Crippen LogP contribution in [-0.4, -0.2) is 18.9 Å². The van der Waals surface area contributed by atoms with E-state index in [-0.39, 0.29) is 0 Å². The summed E-state index contributed by atoms with van der Waals surface area (Å²) in [6.07, 6.45) is 0. The Morgan fingerprint density at radius 2 is 1.85 bits per heavy atom. The normalized spacial score (nSPS) is 19.9. The third-order valence-electron chi connectivity index (χ3n) is 3.07. The summed E-state index contributed by atoms with van der Waals surface area (Å²) in [4.78, 5) is 4.50. The Morgan fingerprint density at radius 1 is 1.10 bits per heavy atom. The lowest BCUT2D eigenvalue weighted by Gasteiger charge is -2.06. The molecule has 3 nitrogen and oxygen atoms in total. The molecule has 0 radical (unpaired) electrons. The second kappa shape index (κ2) is 6.01.